The first-order valence-electron chi connectivity index (χ1n) is 10.6. The molecule has 2 atom stereocenters. The number of piperazine rings is 1. The van der Waals surface area contributed by atoms with Crippen molar-refractivity contribution in [1.29, 1.82) is 5.26 Å². The number of benzene rings is 3. The molecule has 164 valence electrons. The third-order valence-corrected chi connectivity index (χ3v) is 6.55. The first kappa shape index (κ1) is 22.6. The Bertz CT molecular complexity index is 1090. The van der Waals surface area contributed by atoms with Gasteiger partial charge in [0.1, 0.15) is 0 Å². The van der Waals surface area contributed by atoms with Crippen molar-refractivity contribution >= 4 is 28.9 Å². The van der Waals surface area contributed by atoms with Gasteiger partial charge in [-0.15, -0.1) is 0 Å². The van der Waals surface area contributed by atoms with E-state index in [2.05, 4.69) is 28.0 Å². The lowest BCUT2D eigenvalue weighted by atomic mass is 9.94. The van der Waals surface area contributed by atoms with Crippen molar-refractivity contribution in [2.24, 2.45) is 0 Å². The summed E-state index contributed by atoms with van der Waals surface area (Å²) in [6.07, 6.45) is 0. The number of anilines is 1. The number of nitrogens with zero attached hydrogens (tertiary/aromatic N) is 3. The minimum atomic E-state index is -0.994. The van der Waals surface area contributed by atoms with E-state index in [1.165, 1.54) is 0 Å². The molecule has 1 fully saturated rings. The van der Waals surface area contributed by atoms with Gasteiger partial charge in [0.15, 0.2) is 0 Å². The van der Waals surface area contributed by atoms with E-state index in [0.29, 0.717) is 22.2 Å². The van der Waals surface area contributed by atoms with Crippen LogP contribution in [0.15, 0.2) is 72.8 Å². The standard InChI is InChI=1S/C26H25Cl2N3O/c1-26(32,21-6-10-23(28)11-7-21)18-30-14-15-31(24-12-2-19(16-29)3-13-24)25(17-30)20-4-8-22(27)9-5-20/h2-13,25,32H,14-15,17-18H2,1H3/t25-,26+/m0/s1. The molecular weight excluding hydrogens is 441 g/mol. The van der Waals surface area contributed by atoms with Crippen molar-refractivity contribution in [3.05, 3.63) is 99.5 Å². The summed E-state index contributed by atoms with van der Waals surface area (Å²) in [7, 11) is 0. The zero-order valence-corrected chi connectivity index (χ0v) is 19.4. The van der Waals surface area contributed by atoms with E-state index in [4.69, 9.17) is 28.5 Å². The first-order valence-corrected chi connectivity index (χ1v) is 11.3. The maximum Gasteiger partial charge on any atom is 0.0994 e. The maximum absolute atomic E-state index is 11.2. The Morgan fingerprint density at radius 3 is 2.12 bits per heavy atom. The molecule has 0 radical (unpaired) electrons. The molecule has 4 rings (SSSR count). The highest BCUT2D eigenvalue weighted by atomic mass is 35.5. The van der Waals surface area contributed by atoms with Crippen molar-refractivity contribution in [3.63, 3.8) is 0 Å². The Balaban J connectivity index is 1.58. The van der Waals surface area contributed by atoms with Crippen molar-refractivity contribution in [2.75, 3.05) is 31.1 Å². The predicted molar refractivity (Wildman–Crippen MR) is 130 cm³/mol. The minimum Gasteiger partial charge on any atom is -0.384 e. The van der Waals surface area contributed by atoms with Crippen LogP contribution in [0.3, 0.4) is 0 Å². The molecule has 0 bridgehead atoms. The average Bonchev–Trinajstić information content (AvgIpc) is 2.80. The summed E-state index contributed by atoms with van der Waals surface area (Å²) in [6, 6.07) is 25.3. The van der Waals surface area contributed by atoms with Gasteiger partial charge in [0.25, 0.3) is 0 Å². The van der Waals surface area contributed by atoms with Crippen LogP contribution in [0.2, 0.25) is 10.0 Å². The van der Waals surface area contributed by atoms with E-state index >= 15 is 0 Å². The zero-order chi connectivity index (χ0) is 22.7. The van der Waals surface area contributed by atoms with Gasteiger partial charge in [-0.05, 0) is 66.6 Å². The highest BCUT2D eigenvalue weighted by molar-refractivity contribution is 6.30. The molecule has 6 heteroatoms. The largest absolute Gasteiger partial charge is 0.384 e. The molecule has 1 aliphatic rings. The number of hydrogen-bond acceptors (Lipinski definition) is 4. The second-order valence-corrected chi connectivity index (χ2v) is 9.31. The van der Waals surface area contributed by atoms with Gasteiger partial charge >= 0.3 is 0 Å². The van der Waals surface area contributed by atoms with Gasteiger partial charge in [0.2, 0.25) is 0 Å². The van der Waals surface area contributed by atoms with E-state index < -0.39 is 5.60 Å². The van der Waals surface area contributed by atoms with E-state index in [1.54, 1.807) is 0 Å². The first-order chi connectivity index (χ1) is 15.4. The highest BCUT2D eigenvalue weighted by Crippen LogP contribution is 2.33. The fraction of sp³-hybridized carbons (Fsp3) is 0.269. The van der Waals surface area contributed by atoms with Gasteiger partial charge in [-0.2, -0.15) is 5.26 Å². The smallest absolute Gasteiger partial charge is 0.0994 e. The molecule has 0 aromatic heterocycles. The van der Waals surface area contributed by atoms with Gasteiger partial charge in [-0.25, -0.2) is 0 Å². The van der Waals surface area contributed by atoms with E-state index in [0.717, 1.165) is 36.4 Å². The molecule has 0 amide bonds. The molecule has 0 unspecified atom stereocenters. The van der Waals surface area contributed by atoms with E-state index in [-0.39, 0.29) is 6.04 Å². The number of hydrogen-bond donors (Lipinski definition) is 1. The monoisotopic (exact) mass is 465 g/mol. The fourth-order valence-electron chi connectivity index (χ4n) is 4.33. The molecule has 0 saturated carbocycles. The number of β-amino-alcohol motifs (C(OH)–C–C–N with tert-alkyl or cyclic N) is 1. The summed E-state index contributed by atoms with van der Waals surface area (Å²) in [5.74, 6) is 0. The lowest BCUT2D eigenvalue weighted by molar-refractivity contribution is 0.0103. The van der Waals surface area contributed by atoms with Gasteiger partial charge < -0.3 is 10.0 Å². The van der Waals surface area contributed by atoms with Crippen LogP contribution in [-0.4, -0.2) is 36.2 Å². The van der Waals surface area contributed by atoms with Crippen LogP contribution < -0.4 is 4.90 Å². The topological polar surface area (TPSA) is 50.5 Å². The summed E-state index contributed by atoms with van der Waals surface area (Å²) < 4.78 is 0. The van der Waals surface area contributed by atoms with Crippen molar-refractivity contribution in [3.8, 4) is 6.07 Å². The van der Waals surface area contributed by atoms with Crippen LogP contribution in [0.1, 0.15) is 29.7 Å². The Morgan fingerprint density at radius 1 is 0.938 bits per heavy atom. The summed E-state index contributed by atoms with van der Waals surface area (Å²) in [5, 5.41) is 21.7. The SMILES string of the molecule is C[C@@](O)(CN1CCN(c2ccc(C#N)cc2)[C@H](c2ccc(Cl)cc2)C1)c1ccc(Cl)cc1. The summed E-state index contributed by atoms with van der Waals surface area (Å²) in [4.78, 5) is 4.66. The molecule has 0 spiro atoms. The molecule has 1 heterocycles. The second kappa shape index (κ2) is 9.52. The van der Waals surface area contributed by atoms with Gasteiger partial charge in [-0.3, -0.25) is 4.90 Å². The Hall–Kier alpha value is -2.55. The molecular formula is C26H25Cl2N3O. The third-order valence-electron chi connectivity index (χ3n) is 6.04. The van der Waals surface area contributed by atoms with Crippen molar-refractivity contribution in [2.45, 2.75) is 18.6 Å². The van der Waals surface area contributed by atoms with Crippen molar-refractivity contribution in [1.82, 2.24) is 4.90 Å². The minimum absolute atomic E-state index is 0.0926. The molecule has 1 saturated heterocycles. The lowest BCUT2D eigenvalue weighted by Gasteiger charge is -2.45. The molecule has 1 N–H and O–H groups in total. The Kier molecular flexibility index (Phi) is 6.74. The number of nitriles is 1. The van der Waals surface area contributed by atoms with Gasteiger partial charge in [0, 0.05) is 41.9 Å². The molecule has 32 heavy (non-hydrogen) atoms. The second-order valence-electron chi connectivity index (χ2n) is 8.44. The third kappa shape index (κ3) is 5.09. The predicted octanol–water partition coefficient (Wildman–Crippen LogP) is 5.64. The summed E-state index contributed by atoms with van der Waals surface area (Å²) >= 11 is 12.2. The summed E-state index contributed by atoms with van der Waals surface area (Å²) in [5.41, 5.74) is 2.74. The highest BCUT2D eigenvalue weighted by Gasteiger charge is 2.33. The van der Waals surface area contributed by atoms with E-state index in [9.17, 15) is 5.11 Å². The molecule has 1 aliphatic heterocycles. The lowest BCUT2D eigenvalue weighted by Crippen LogP contribution is -2.52. The number of rotatable bonds is 5. The van der Waals surface area contributed by atoms with Crippen LogP contribution in [-0.2, 0) is 5.60 Å². The van der Waals surface area contributed by atoms with Gasteiger partial charge in [-0.1, -0.05) is 47.5 Å². The Labute approximate surface area is 199 Å². The van der Waals surface area contributed by atoms with Gasteiger partial charge in [0.05, 0.1) is 23.3 Å². The molecule has 4 nitrogen and oxygen atoms in total. The normalized spacial score (nSPS) is 18.7. The average molecular weight is 466 g/mol. The maximum atomic E-state index is 11.2. The quantitative estimate of drug-likeness (QED) is 0.529. The zero-order valence-electron chi connectivity index (χ0n) is 17.9. The fourth-order valence-corrected chi connectivity index (χ4v) is 4.58. The van der Waals surface area contributed by atoms with Crippen LogP contribution in [0.5, 0.6) is 0 Å². The van der Waals surface area contributed by atoms with E-state index in [1.807, 2.05) is 67.6 Å². The van der Waals surface area contributed by atoms with Crippen LogP contribution >= 0.6 is 23.2 Å². The Morgan fingerprint density at radius 2 is 1.53 bits per heavy atom. The number of aliphatic hydroxyl groups is 1. The molecule has 0 aliphatic carbocycles. The van der Waals surface area contributed by atoms with Crippen molar-refractivity contribution < 1.29 is 5.11 Å². The van der Waals surface area contributed by atoms with Crippen LogP contribution in [0.25, 0.3) is 0 Å². The van der Waals surface area contributed by atoms with Crippen LogP contribution in [0, 0.1) is 11.3 Å². The summed E-state index contributed by atoms with van der Waals surface area (Å²) in [6.45, 7) is 4.73. The number of halogens is 2. The van der Waals surface area contributed by atoms with Crippen LogP contribution in [0.4, 0.5) is 5.69 Å². The molecule has 3 aromatic carbocycles. The molecule has 3 aromatic rings.